The maximum Gasteiger partial charge on any atom is 0.0121 e. The minimum Gasteiger partial charge on any atom is -0.313 e. The number of nitrogens with one attached hydrogen (secondary N) is 1. The molecule has 0 aromatic rings. The van der Waals surface area contributed by atoms with E-state index in [0.29, 0.717) is 5.41 Å². The van der Waals surface area contributed by atoms with Crippen molar-refractivity contribution in [2.75, 3.05) is 6.54 Å². The molecule has 1 heteroatoms. The van der Waals surface area contributed by atoms with Crippen LogP contribution in [0.15, 0.2) is 0 Å². The lowest BCUT2D eigenvalue weighted by atomic mass is 9.73. The first-order valence-electron chi connectivity index (χ1n) is 9.46. The fourth-order valence-electron chi connectivity index (χ4n) is 3.84. The normalized spacial score (nSPS) is 22.1. The lowest BCUT2D eigenvalue weighted by molar-refractivity contribution is 0.182. The lowest BCUT2D eigenvalue weighted by Gasteiger charge is -2.36. The van der Waals surface area contributed by atoms with E-state index in [9.17, 15) is 0 Å². The Morgan fingerprint density at radius 3 is 1.90 bits per heavy atom. The Balaban J connectivity index is 2.33. The summed E-state index contributed by atoms with van der Waals surface area (Å²) >= 11 is 0. The first-order valence-corrected chi connectivity index (χ1v) is 9.46. The van der Waals surface area contributed by atoms with Gasteiger partial charge in [0.05, 0.1) is 0 Å². The molecule has 1 heterocycles. The highest BCUT2D eigenvalue weighted by Crippen LogP contribution is 2.38. The maximum absolute atomic E-state index is 3.79. The number of hydrogen-bond donors (Lipinski definition) is 1. The first-order chi connectivity index (χ1) is 9.73. The highest BCUT2D eigenvalue weighted by atomic mass is 15.0. The Bertz CT molecular complexity index is 220. The molecule has 0 amide bonds. The number of unbranched alkanes of at least 4 members (excludes halogenated alkanes) is 7. The van der Waals surface area contributed by atoms with E-state index in [1.165, 1.54) is 90.0 Å². The summed E-state index contributed by atoms with van der Waals surface area (Å²) in [6.07, 6.45) is 18.5. The molecule has 0 aromatic carbocycles. The van der Waals surface area contributed by atoms with E-state index in [2.05, 4.69) is 26.1 Å². The molecule has 1 N–H and O–H groups in total. The minimum atomic E-state index is 0.566. The van der Waals surface area contributed by atoms with Crippen molar-refractivity contribution in [2.45, 2.75) is 110 Å². The predicted octanol–water partition coefficient (Wildman–Crippen LogP) is 6.08. The summed E-state index contributed by atoms with van der Waals surface area (Å²) in [5.74, 6) is 0. The van der Waals surface area contributed by atoms with Crippen LogP contribution in [-0.4, -0.2) is 12.6 Å². The zero-order valence-corrected chi connectivity index (χ0v) is 14.5. The quantitative estimate of drug-likeness (QED) is 0.428. The molecule has 1 nitrogen and oxygen atoms in total. The summed E-state index contributed by atoms with van der Waals surface area (Å²) in [6, 6.07) is 0.801. The van der Waals surface area contributed by atoms with Crippen LogP contribution in [0.2, 0.25) is 0 Å². The van der Waals surface area contributed by atoms with Crippen LogP contribution in [-0.2, 0) is 0 Å². The second-order valence-electron chi connectivity index (χ2n) is 7.28. The van der Waals surface area contributed by atoms with Crippen molar-refractivity contribution in [3.63, 3.8) is 0 Å². The van der Waals surface area contributed by atoms with Crippen molar-refractivity contribution in [2.24, 2.45) is 5.41 Å². The van der Waals surface area contributed by atoms with Crippen LogP contribution in [0.3, 0.4) is 0 Å². The second kappa shape index (κ2) is 10.7. The van der Waals surface area contributed by atoms with Crippen LogP contribution in [0, 0.1) is 5.41 Å². The Morgan fingerprint density at radius 1 is 0.850 bits per heavy atom. The van der Waals surface area contributed by atoms with E-state index in [1.807, 2.05) is 0 Å². The minimum absolute atomic E-state index is 0.566. The van der Waals surface area contributed by atoms with Crippen molar-refractivity contribution in [3.05, 3.63) is 0 Å². The summed E-state index contributed by atoms with van der Waals surface area (Å²) in [5.41, 5.74) is 0.566. The third kappa shape index (κ3) is 6.61. The van der Waals surface area contributed by atoms with E-state index >= 15 is 0 Å². The molecule has 1 saturated heterocycles. The topological polar surface area (TPSA) is 12.0 Å². The molecule has 0 radical (unpaired) electrons. The van der Waals surface area contributed by atoms with Crippen LogP contribution in [0.25, 0.3) is 0 Å². The Labute approximate surface area is 128 Å². The largest absolute Gasteiger partial charge is 0.313 e. The van der Waals surface area contributed by atoms with Gasteiger partial charge in [-0.25, -0.2) is 0 Å². The molecule has 2 atom stereocenters. The van der Waals surface area contributed by atoms with Gasteiger partial charge in [0.25, 0.3) is 0 Å². The van der Waals surface area contributed by atoms with Gasteiger partial charge in [0.1, 0.15) is 0 Å². The van der Waals surface area contributed by atoms with Gasteiger partial charge < -0.3 is 5.32 Å². The molecule has 1 rings (SSSR count). The summed E-state index contributed by atoms with van der Waals surface area (Å²) in [7, 11) is 0. The molecular formula is C19H39N. The predicted molar refractivity (Wildman–Crippen MR) is 91.3 cm³/mol. The molecule has 0 aromatic heterocycles. The monoisotopic (exact) mass is 281 g/mol. The molecule has 1 aliphatic heterocycles. The van der Waals surface area contributed by atoms with Gasteiger partial charge in [0.2, 0.25) is 0 Å². The zero-order valence-electron chi connectivity index (χ0n) is 14.5. The molecule has 0 saturated carbocycles. The first kappa shape index (κ1) is 18.0. The molecule has 0 spiro atoms. The van der Waals surface area contributed by atoms with Crippen molar-refractivity contribution < 1.29 is 0 Å². The molecule has 2 unspecified atom stereocenters. The summed E-state index contributed by atoms with van der Waals surface area (Å²) in [6.45, 7) is 8.44. The molecule has 0 bridgehead atoms. The average Bonchev–Trinajstić information content (AvgIpc) is 2.98. The van der Waals surface area contributed by atoms with Gasteiger partial charge >= 0.3 is 0 Å². The smallest absolute Gasteiger partial charge is 0.0121 e. The van der Waals surface area contributed by atoms with E-state index in [-0.39, 0.29) is 0 Å². The Kier molecular flexibility index (Phi) is 9.59. The van der Waals surface area contributed by atoms with Crippen molar-refractivity contribution in [3.8, 4) is 0 Å². The van der Waals surface area contributed by atoms with Gasteiger partial charge in [0, 0.05) is 6.04 Å². The molecule has 1 fully saturated rings. The average molecular weight is 282 g/mol. The fraction of sp³-hybridized carbons (Fsp3) is 1.00. The standard InChI is InChI=1S/C19H39N/c1-4-6-8-10-12-16-19(3,15-11-9-7-5-2)18-14-13-17-20-18/h18,20H,4-17H2,1-3H3. The van der Waals surface area contributed by atoms with Crippen molar-refractivity contribution in [1.29, 1.82) is 0 Å². The van der Waals surface area contributed by atoms with Gasteiger partial charge in [-0.2, -0.15) is 0 Å². The lowest BCUT2D eigenvalue weighted by Crippen LogP contribution is -2.39. The van der Waals surface area contributed by atoms with Crippen LogP contribution in [0.1, 0.15) is 104 Å². The van der Waals surface area contributed by atoms with Crippen LogP contribution in [0.5, 0.6) is 0 Å². The Morgan fingerprint density at radius 2 is 1.40 bits per heavy atom. The summed E-state index contributed by atoms with van der Waals surface area (Å²) in [4.78, 5) is 0. The van der Waals surface area contributed by atoms with E-state index in [0.717, 1.165) is 6.04 Å². The van der Waals surface area contributed by atoms with Gasteiger partial charge in [-0.1, -0.05) is 78.6 Å². The SMILES string of the molecule is CCCCCCCC(C)(CCCCCC)C1CCCN1. The van der Waals surface area contributed by atoms with Crippen molar-refractivity contribution >= 4 is 0 Å². The molecule has 20 heavy (non-hydrogen) atoms. The molecule has 120 valence electrons. The third-order valence-electron chi connectivity index (χ3n) is 5.35. The molecule has 0 aliphatic carbocycles. The van der Waals surface area contributed by atoms with Gasteiger partial charge in [0.15, 0.2) is 0 Å². The van der Waals surface area contributed by atoms with Gasteiger partial charge in [-0.3, -0.25) is 0 Å². The highest BCUT2D eigenvalue weighted by molar-refractivity contribution is 4.91. The van der Waals surface area contributed by atoms with Crippen LogP contribution in [0.4, 0.5) is 0 Å². The Hall–Kier alpha value is -0.0400. The third-order valence-corrected chi connectivity index (χ3v) is 5.35. The van der Waals surface area contributed by atoms with E-state index < -0.39 is 0 Å². The molecular weight excluding hydrogens is 242 g/mol. The fourth-order valence-corrected chi connectivity index (χ4v) is 3.84. The van der Waals surface area contributed by atoms with Crippen LogP contribution >= 0.6 is 0 Å². The van der Waals surface area contributed by atoms with Crippen LogP contribution < -0.4 is 5.32 Å². The van der Waals surface area contributed by atoms with E-state index in [1.54, 1.807) is 0 Å². The van der Waals surface area contributed by atoms with Crippen molar-refractivity contribution in [1.82, 2.24) is 5.32 Å². The highest BCUT2D eigenvalue weighted by Gasteiger charge is 2.34. The maximum atomic E-state index is 3.79. The molecule has 1 aliphatic rings. The zero-order chi connectivity index (χ0) is 14.7. The summed E-state index contributed by atoms with van der Waals surface area (Å²) < 4.78 is 0. The number of hydrogen-bond acceptors (Lipinski definition) is 1. The second-order valence-corrected chi connectivity index (χ2v) is 7.28. The van der Waals surface area contributed by atoms with E-state index in [4.69, 9.17) is 0 Å². The van der Waals surface area contributed by atoms with Gasteiger partial charge in [-0.15, -0.1) is 0 Å². The van der Waals surface area contributed by atoms with Gasteiger partial charge in [-0.05, 0) is 37.6 Å². The number of rotatable bonds is 12. The summed E-state index contributed by atoms with van der Waals surface area (Å²) in [5, 5.41) is 3.79.